The number of Topliss-reactive ketones (excluding diaryl/α,β-unsaturated/α-hetero) is 1. The molecule has 0 amide bonds. The molecule has 94 valence electrons. The summed E-state index contributed by atoms with van der Waals surface area (Å²) in [5, 5.41) is 0. The van der Waals surface area contributed by atoms with Crippen LogP contribution >= 0.6 is 0 Å². The standard InChI is InChI=1S/C13H25NO2/c1-16-10-6-9-12(14)13(15)11-7-4-2-3-5-8-11/h11-12H,2-10,14H2,1H3. The number of ketones is 1. The zero-order valence-electron chi connectivity index (χ0n) is 10.4. The molecule has 0 radical (unpaired) electrons. The zero-order valence-corrected chi connectivity index (χ0v) is 10.4. The van der Waals surface area contributed by atoms with Gasteiger partial charge in [-0.2, -0.15) is 0 Å². The number of carbonyl (C=O) groups excluding carboxylic acids is 1. The van der Waals surface area contributed by atoms with Crippen molar-refractivity contribution in [2.24, 2.45) is 11.7 Å². The van der Waals surface area contributed by atoms with Crippen molar-refractivity contribution < 1.29 is 9.53 Å². The first kappa shape index (κ1) is 13.7. The summed E-state index contributed by atoms with van der Waals surface area (Å²) in [6.45, 7) is 0.700. The van der Waals surface area contributed by atoms with Crippen molar-refractivity contribution in [2.45, 2.75) is 57.4 Å². The van der Waals surface area contributed by atoms with Gasteiger partial charge in [-0.25, -0.2) is 0 Å². The van der Waals surface area contributed by atoms with Crippen LogP contribution in [-0.2, 0) is 9.53 Å². The maximum atomic E-state index is 12.1. The minimum atomic E-state index is -0.266. The van der Waals surface area contributed by atoms with Crippen LogP contribution in [0.1, 0.15) is 51.4 Å². The first-order valence-electron chi connectivity index (χ1n) is 6.54. The molecular weight excluding hydrogens is 202 g/mol. The predicted octanol–water partition coefficient (Wildman–Crippen LogP) is 2.28. The Kier molecular flexibility index (Phi) is 6.65. The molecule has 1 fully saturated rings. The Balaban J connectivity index is 2.30. The van der Waals surface area contributed by atoms with Crippen molar-refractivity contribution in [2.75, 3.05) is 13.7 Å². The monoisotopic (exact) mass is 227 g/mol. The van der Waals surface area contributed by atoms with Gasteiger partial charge in [0.25, 0.3) is 0 Å². The first-order chi connectivity index (χ1) is 7.75. The summed E-state index contributed by atoms with van der Waals surface area (Å²) in [7, 11) is 1.68. The second kappa shape index (κ2) is 7.80. The molecule has 0 aliphatic heterocycles. The Morgan fingerprint density at radius 1 is 1.31 bits per heavy atom. The molecule has 1 rings (SSSR count). The number of rotatable bonds is 6. The SMILES string of the molecule is COCCCC(N)C(=O)C1CCCCCC1. The van der Waals surface area contributed by atoms with Gasteiger partial charge in [-0.1, -0.05) is 25.7 Å². The number of hydrogen-bond donors (Lipinski definition) is 1. The van der Waals surface area contributed by atoms with E-state index in [9.17, 15) is 4.79 Å². The van der Waals surface area contributed by atoms with Gasteiger partial charge >= 0.3 is 0 Å². The molecule has 0 saturated heterocycles. The molecule has 0 heterocycles. The highest BCUT2D eigenvalue weighted by atomic mass is 16.5. The van der Waals surface area contributed by atoms with E-state index in [0.29, 0.717) is 6.61 Å². The number of nitrogens with two attached hydrogens (primary N) is 1. The third-order valence-corrected chi connectivity index (χ3v) is 3.49. The molecule has 0 aromatic heterocycles. The van der Waals surface area contributed by atoms with Gasteiger partial charge in [-0.15, -0.1) is 0 Å². The van der Waals surface area contributed by atoms with Crippen LogP contribution in [0, 0.1) is 5.92 Å². The summed E-state index contributed by atoms with van der Waals surface area (Å²) in [5.41, 5.74) is 5.93. The lowest BCUT2D eigenvalue weighted by Gasteiger charge is -2.17. The van der Waals surface area contributed by atoms with Crippen molar-refractivity contribution in [3.8, 4) is 0 Å². The summed E-state index contributed by atoms with van der Waals surface area (Å²) in [6.07, 6.45) is 8.71. The van der Waals surface area contributed by atoms with Crippen LogP contribution in [0.4, 0.5) is 0 Å². The van der Waals surface area contributed by atoms with E-state index in [-0.39, 0.29) is 17.7 Å². The van der Waals surface area contributed by atoms with Crippen molar-refractivity contribution in [1.82, 2.24) is 0 Å². The Morgan fingerprint density at radius 2 is 1.94 bits per heavy atom. The molecule has 0 aromatic carbocycles. The molecule has 1 atom stereocenters. The first-order valence-corrected chi connectivity index (χ1v) is 6.54. The summed E-state index contributed by atoms with van der Waals surface area (Å²) in [4.78, 5) is 12.1. The Bertz CT molecular complexity index is 198. The van der Waals surface area contributed by atoms with E-state index in [1.807, 2.05) is 0 Å². The Labute approximate surface area is 98.7 Å². The minimum Gasteiger partial charge on any atom is -0.385 e. The van der Waals surface area contributed by atoms with Gasteiger partial charge < -0.3 is 10.5 Å². The largest absolute Gasteiger partial charge is 0.385 e. The number of methoxy groups -OCH3 is 1. The van der Waals surface area contributed by atoms with Gasteiger partial charge in [0.15, 0.2) is 5.78 Å². The van der Waals surface area contributed by atoms with E-state index in [1.165, 1.54) is 25.7 Å². The van der Waals surface area contributed by atoms with Gasteiger partial charge in [0, 0.05) is 19.6 Å². The normalized spacial score (nSPS) is 20.4. The van der Waals surface area contributed by atoms with Crippen molar-refractivity contribution in [3.63, 3.8) is 0 Å². The van der Waals surface area contributed by atoms with E-state index in [0.717, 1.165) is 25.7 Å². The summed E-state index contributed by atoms with van der Waals surface area (Å²) >= 11 is 0. The minimum absolute atomic E-state index is 0.236. The molecule has 2 N–H and O–H groups in total. The quantitative estimate of drug-likeness (QED) is 0.559. The average molecular weight is 227 g/mol. The van der Waals surface area contributed by atoms with Crippen LogP contribution in [0.5, 0.6) is 0 Å². The predicted molar refractivity (Wildman–Crippen MR) is 65.3 cm³/mol. The Morgan fingerprint density at radius 3 is 2.50 bits per heavy atom. The van der Waals surface area contributed by atoms with Crippen LogP contribution in [0.25, 0.3) is 0 Å². The summed E-state index contributed by atoms with van der Waals surface area (Å²) in [6, 6.07) is -0.266. The molecule has 3 nitrogen and oxygen atoms in total. The fourth-order valence-corrected chi connectivity index (χ4v) is 2.46. The molecular formula is C13H25NO2. The average Bonchev–Trinajstić information content (AvgIpc) is 2.56. The topological polar surface area (TPSA) is 52.3 Å². The van der Waals surface area contributed by atoms with Crippen LogP contribution in [0.3, 0.4) is 0 Å². The van der Waals surface area contributed by atoms with Crippen molar-refractivity contribution in [1.29, 1.82) is 0 Å². The number of carbonyl (C=O) groups is 1. The van der Waals surface area contributed by atoms with Gasteiger partial charge in [-0.3, -0.25) is 4.79 Å². The van der Waals surface area contributed by atoms with Gasteiger partial charge in [0.05, 0.1) is 6.04 Å². The van der Waals surface area contributed by atoms with Crippen LogP contribution in [-0.4, -0.2) is 25.5 Å². The van der Waals surface area contributed by atoms with E-state index in [4.69, 9.17) is 10.5 Å². The van der Waals surface area contributed by atoms with Crippen LogP contribution in [0.2, 0.25) is 0 Å². The summed E-state index contributed by atoms with van der Waals surface area (Å²) < 4.78 is 4.97. The van der Waals surface area contributed by atoms with Gasteiger partial charge in [-0.05, 0) is 25.7 Å². The fraction of sp³-hybridized carbons (Fsp3) is 0.923. The van der Waals surface area contributed by atoms with Crippen LogP contribution < -0.4 is 5.73 Å². The molecule has 0 bridgehead atoms. The van der Waals surface area contributed by atoms with E-state index >= 15 is 0 Å². The Hall–Kier alpha value is -0.410. The van der Waals surface area contributed by atoms with Gasteiger partial charge in [0.2, 0.25) is 0 Å². The zero-order chi connectivity index (χ0) is 11.8. The molecule has 1 unspecified atom stereocenters. The van der Waals surface area contributed by atoms with E-state index < -0.39 is 0 Å². The lowest BCUT2D eigenvalue weighted by atomic mass is 9.90. The highest BCUT2D eigenvalue weighted by Crippen LogP contribution is 2.24. The lowest BCUT2D eigenvalue weighted by Crippen LogP contribution is -2.35. The van der Waals surface area contributed by atoms with Crippen LogP contribution in [0.15, 0.2) is 0 Å². The highest BCUT2D eigenvalue weighted by Gasteiger charge is 2.24. The third-order valence-electron chi connectivity index (χ3n) is 3.49. The summed E-state index contributed by atoms with van der Waals surface area (Å²) in [5.74, 6) is 0.526. The van der Waals surface area contributed by atoms with E-state index in [2.05, 4.69) is 0 Å². The van der Waals surface area contributed by atoms with E-state index in [1.54, 1.807) is 7.11 Å². The second-order valence-electron chi connectivity index (χ2n) is 4.83. The molecule has 16 heavy (non-hydrogen) atoms. The van der Waals surface area contributed by atoms with Gasteiger partial charge in [0.1, 0.15) is 0 Å². The molecule has 1 aliphatic rings. The maximum Gasteiger partial charge on any atom is 0.152 e. The molecule has 0 aromatic rings. The number of ether oxygens (including phenoxy) is 1. The molecule has 1 saturated carbocycles. The van der Waals surface area contributed by atoms with Crippen molar-refractivity contribution in [3.05, 3.63) is 0 Å². The lowest BCUT2D eigenvalue weighted by molar-refractivity contribution is -0.124. The smallest absolute Gasteiger partial charge is 0.152 e. The molecule has 1 aliphatic carbocycles. The second-order valence-corrected chi connectivity index (χ2v) is 4.83. The third kappa shape index (κ3) is 4.62. The van der Waals surface area contributed by atoms with Crippen molar-refractivity contribution >= 4 is 5.78 Å². The maximum absolute atomic E-state index is 12.1. The number of hydrogen-bond acceptors (Lipinski definition) is 3. The molecule has 0 spiro atoms. The highest BCUT2D eigenvalue weighted by molar-refractivity contribution is 5.86. The molecule has 3 heteroatoms. The fourth-order valence-electron chi connectivity index (χ4n) is 2.46.